The van der Waals surface area contributed by atoms with E-state index in [-0.39, 0.29) is 30.9 Å². The fraction of sp³-hybridized carbons (Fsp3) is 0.318. The Morgan fingerprint density at radius 1 is 0.967 bits per heavy atom. The minimum atomic E-state index is -0.333. The number of hydrogen-bond acceptors (Lipinski definition) is 3. The van der Waals surface area contributed by atoms with Gasteiger partial charge in [-0.15, -0.1) is 0 Å². The van der Waals surface area contributed by atoms with Crippen LogP contribution >= 0.6 is 15.9 Å². The first kappa shape index (κ1) is 21.8. The summed E-state index contributed by atoms with van der Waals surface area (Å²) in [5, 5.41) is 5.59. The summed E-state index contributed by atoms with van der Waals surface area (Å²) in [7, 11) is 0. The number of anilines is 2. The fourth-order valence-electron chi connectivity index (χ4n) is 3.11. The maximum atomic E-state index is 12.4. The van der Waals surface area contributed by atoms with Crippen LogP contribution < -0.4 is 10.6 Å². The van der Waals surface area contributed by atoms with Gasteiger partial charge in [0.15, 0.2) is 0 Å². The maximum Gasteiger partial charge on any atom is 0.322 e. The van der Waals surface area contributed by atoms with E-state index in [9.17, 15) is 14.4 Å². The molecular weight excluding hydrogens is 448 g/mol. The standard InChI is InChI=1S/C22H25BrN4O3/c1-15(2)16-3-7-18(8-4-16)24-20(28)13-26-11-12-27(14-21(26)29)22(30)25-19-9-5-17(23)6-10-19/h3-10,15H,11-14H2,1-2H3,(H,24,28)(H,25,30). The summed E-state index contributed by atoms with van der Waals surface area (Å²) < 4.78 is 0.915. The third-order valence-electron chi connectivity index (χ3n) is 4.90. The van der Waals surface area contributed by atoms with E-state index in [4.69, 9.17) is 0 Å². The van der Waals surface area contributed by atoms with Crippen LogP contribution in [0.3, 0.4) is 0 Å². The molecule has 8 heteroatoms. The molecule has 0 radical (unpaired) electrons. The predicted octanol–water partition coefficient (Wildman–Crippen LogP) is 3.89. The molecule has 7 nitrogen and oxygen atoms in total. The number of rotatable bonds is 5. The van der Waals surface area contributed by atoms with Gasteiger partial charge >= 0.3 is 6.03 Å². The van der Waals surface area contributed by atoms with Crippen molar-refractivity contribution in [2.45, 2.75) is 19.8 Å². The quantitative estimate of drug-likeness (QED) is 0.692. The summed E-state index contributed by atoms with van der Waals surface area (Å²) in [6.07, 6.45) is 0. The van der Waals surface area contributed by atoms with Crippen LogP contribution in [0.2, 0.25) is 0 Å². The number of piperazine rings is 1. The molecule has 0 spiro atoms. The van der Waals surface area contributed by atoms with Crippen LogP contribution in [0.15, 0.2) is 53.0 Å². The van der Waals surface area contributed by atoms with Gasteiger partial charge in [0.2, 0.25) is 11.8 Å². The van der Waals surface area contributed by atoms with Gasteiger partial charge in [0.05, 0.1) is 6.54 Å². The van der Waals surface area contributed by atoms with Gasteiger partial charge in [-0.05, 0) is 47.9 Å². The van der Waals surface area contributed by atoms with Gasteiger partial charge in [-0.2, -0.15) is 0 Å². The van der Waals surface area contributed by atoms with Crippen molar-refractivity contribution in [3.8, 4) is 0 Å². The van der Waals surface area contributed by atoms with Gasteiger partial charge in [0.1, 0.15) is 6.54 Å². The van der Waals surface area contributed by atoms with E-state index in [1.165, 1.54) is 15.4 Å². The summed E-state index contributed by atoms with van der Waals surface area (Å²) in [6, 6.07) is 14.6. The average molecular weight is 473 g/mol. The minimum absolute atomic E-state index is 0.0348. The predicted molar refractivity (Wildman–Crippen MR) is 120 cm³/mol. The largest absolute Gasteiger partial charge is 0.330 e. The molecule has 1 aliphatic rings. The van der Waals surface area contributed by atoms with Gasteiger partial charge in [-0.25, -0.2) is 4.79 Å². The van der Waals surface area contributed by atoms with Crippen LogP contribution in [0.5, 0.6) is 0 Å². The van der Waals surface area contributed by atoms with Crippen LogP contribution in [0.25, 0.3) is 0 Å². The van der Waals surface area contributed by atoms with E-state index >= 15 is 0 Å². The lowest BCUT2D eigenvalue weighted by molar-refractivity contribution is -0.137. The zero-order valence-electron chi connectivity index (χ0n) is 17.0. The first-order chi connectivity index (χ1) is 14.3. The van der Waals surface area contributed by atoms with Crippen molar-refractivity contribution in [3.63, 3.8) is 0 Å². The molecule has 30 heavy (non-hydrogen) atoms. The molecule has 1 heterocycles. The first-order valence-electron chi connectivity index (χ1n) is 9.81. The lowest BCUT2D eigenvalue weighted by Gasteiger charge is -2.33. The van der Waals surface area contributed by atoms with Crippen molar-refractivity contribution in [2.24, 2.45) is 0 Å². The van der Waals surface area contributed by atoms with Crippen molar-refractivity contribution in [1.29, 1.82) is 0 Å². The number of nitrogens with one attached hydrogen (secondary N) is 2. The number of carbonyl (C=O) groups excluding carboxylic acids is 3. The Hall–Kier alpha value is -2.87. The number of hydrogen-bond donors (Lipinski definition) is 2. The molecule has 0 bridgehead atoms. The second-order valence-electron chi connectivity index (χ2n) is 7.50. The second kappa shape index (κ2) is 9.75. The Kier molecular flexibility index (Phi) is 7.10. The summed E-state index contributed by atoms with van der Waals surface area (Å²) in [4.78, 5) is 40.1. The Balaban J connectivity index is 1.48. The molecule has 1 saturated heterocycles. The molecule has 2 aromatic carbocycles. The molecule has 1 fully saturated rings. The number of urea groups is 1. The molecule has 1 aliphatic heterocycles. The van der Waals surface area contributed by atoms with Crippen LogP contribution in [0.1, 0.15) is 25.3 Å². The molecule has 0 aliphatic carbocycles. The molecule has 0 aromatic heterocycles. The Morgan fingerprint density at radius 2 is 1.57 bits per heavy atom. The molecule has 3 rings (SSSR count). The van der Waals surface area contributed by atoms with Crippen LogP contribution in [0.4, 0.5) is 16.2 Å². The van der Waals surface area contributed by atoms with Crippen molar-refractivity contribution >= 4 is 45.2 Å². The molecular formula is C22H25BrN4O3. The summed E-state index contributed by atoms with van der Waals surface area (Å²) in [5.41, 5.74) is 2.55. The van der Waals surface area contributed by atoms with E-state index in [0.29, 0.717) is 30.4 Å². The highest BCUT2D eigenvalue weighted by Crippen LogP contribution is 2.18. The van der Waals surface area contributed by atoms with Crippen molar-refractivity contribution in [2.75, 3.05) is 36.8 Å². The smallest absolute Gasteiger partial charge is 0.322 e. The molecule has 2 N–H and O–H groups in total. The molecule has 158 valence electrons. The third kappa shape index (κ3) is 5.82. The number of halogens is 1. The van der Waals surface area contributed by atoms with Crippen molar-refractivity contribution in [3.05, 3.63) is 58.6 Å². The van der Waals surface area contributed by atoms with Crippen LogP contribution in [0, 0.1) is 0 Å². The monoisotopic (exact) mass is 472 g/mol. The first-order valence-corrected chi connectivity index (χ1v) is 10.6. The summed E-state index contributed by atoms with van der Waals surface area (Å²) in [6.45, 7) is 4.80. The molecule has 0 saturated carbocycles. The van der Waals surface area contributed by atoms with Crippen molar-refractivity contribution < 1.29 is 14.4 Å². The van der Waals surface area contributed by atoms with E-state index < -0.39 is 0 Å². The highest BCUT2D eigenvalue weighted by molar-refractivity contribution is 9.10. The average Bonchev–Trinajstić information content (AvgIpc) is 2.71. The normalized spacial score (nSPS) is 14.1. The van der Waals surface area contributed by atoms with Gasteiger partial charge in [0, 0.05) is 28.9 Å². The third-order valence-corrected chi connectivity index (χ3v) is 5.43. The Bertz CT molecular complexity index is 913. The topological polar surface area (TPSA) is 81.8 Å². The van der Waals surface area contributed by atoms with Crippen LogP contribution in [-0.4, -0.2) is 53.8 Å². The highest BCUT2D eigenvalue weighted by Gasteiger charge is 2.28. The number of nitrogens with zero attached hydrogens (tertiary/aromatic N) is 2. The van der Waals surface area contributed by atoms with Crippen LogP contribution in [-0.2, 0) is 9.59 Å². The molecule has 0 unspecified atom stereocenters. The fourth-order valence-corrected chi connectivity index (χ4v) is 3.37. The lowest BCUT2D eigenvalue weighted by Crippen LogP contribution is -2.54. The molecule has 4 amide bonds. The van der Waals surface area contributed by atoms with Gasteiger partial charge in [0.25, 0.3) is 0 Å². The SMILES string of the molecule is CC(C)c1ccc(NC(=O)CN2CCN(C(=O)Nc3ccc(Br)cc3)CC2=O)cc1. The summed E-state index contributed by atoms with van der Waals surface area (Å²) in [5.74, 6) is -0.0874. The number of carbonyl (C=O) groups is 3. The minimum Gasteiger partial charge on any atom is -0.330 e. The zero-order chi connectivity index (χ0) is 21.7. The van der Waals surface area contributed by atoms with Gasteiger partial charge in [-0.1, -0.05) is 41.9 Å². The number of amides is 4. The Morgan fingerprint density at radius 3 is 2.17 bits per heavy atom. The molecule has 0 atom stereocenters. The maximum absolute atomic E-state index is 12.4. The van der Waals surface area contributed by atoms with E-state index in [2.05, 4.69) is 40.4 Å². The zero-order valence-corrected chi connectivity index (χ0v) is 18.6. The van der Waals surface area contributed by atoms with Gasteiger partial charge in [-0.3, -0.25) is 9.59 Å². The van der Waals surface area contributed by atoms with Crippen molar-refractivity contribution in [1.82, 2.24) is 9.80 Å². The van der Waals surface area contributed by atoms with E-state index in [1.54, 1.807) is 12.1 Å². The van der Waals surface area contributed by atoms with Gasteiger partial charge < -0.3 is 20.4 Å². The second-order valence-corrected chi connectivity index (χ2v) is 8.41. The van der Waals surface area contributed by atoms with E-state index in [1.807, 2.05) is 36.4 Å². The lowest BCUT2D eigenvalue weighted by atomic mass is 10.0. The number of benzene rings is 2. The summed E-state index contributed by atoms with van der Waals surface area (Å²) >= 11 is 3.35. The molecule has 2 aromatic rings. The highest BCUT2D eigenvalue weighted by atomic mass is 79.9. The Labute approximate surface area is 184 Å². The van der Waals surface area contributed by atoms with E-state index in [0.717, 1.165) is 4.47 Å².